The fraction of sp³-hybridized carbons (Fsp3) is 0.235. The van der Waals surface area contributed by atoms with Crippen LogP contribution in [0, 0.1) is 21.7 Å². The van der Waals surface area contributed by atoms with Crippen molar-refractivity contribution in [3.05, 3.63) is 63.7 Å². The Morgan fingerprint density at radius 1 is 1.17 bits per heavy atom. The predicted octanol–water partition coefficient (Wildman–Crippen LogP) is 2.34. The molecule has 12 heteroatoms. The number of benzene rings is 2. The molecule has 1 aliphatic heterocycles. The highest BCUT2D eigenvalue weighted by Gasteiger charge is 2.28. The van der Waals surface area contributed by atoms with E-state index in [1.807, 2.05) is 0 Å². The molecule has 0 amide bonds. The predicted molar refractivity (Wildman–Crippen MR) is 100 cm³/mol. The second-order valence-electron chi connectivity index (χ2n) is 5.96. The fourth-order valence-electron chi connectivity index (χ4n) is 2.65. The maximum absolute atomic E-state index is 13.6. The lowest BCUT2D eigenvalue weighted by molar-refractivity contribution is -0.384. The minimum atomic E-state index is -3.93. The highest BCUT2D eigenvalue weighted by Crippen LogP contribution is 2.29. The van der Waals surface area contributed by atoms with Crippen LogP contribution in [0.15, 0.2) is 46.4 Å². The van der Waals surface area contributed by atoms with Gasteiger partial charge in [0, 0.05) is 19.2 Å². The molecule has 0 spiro atoms. The Morgan fingerprint density at radius 2 is 1.83 bits per heavy atom. The third-order valence-electron chi connectivity index (χ3n) is 4.15. The number of sulfonamides is 1. The standard InChI is InChI=1S/C17H16F2N4O5S/c18-14-2-1-3-15(19)13(14)11-20-21-16-5-4-12(10-17(16)23(24)25)29(26,27)22-6-8-28-9-7-22/h1-5,10-11,21H,6-9H2/b20-11+. The number of hydrazone groups is 1. The van der Waals surface area contributed by atoms with Gasteiger partial charge in [-0.25, -0.2) is 17.2 Å². The second kappa shape index (κ2) is 8.59. The molecule has 1 heterocycles. The number of hydrogen-bond acceptors (Lipinski definition) is 7. The Bertz CT molecular complexity index is 1040. The third-order valence-corrected chi connectivity index (χ3v) is 6.05. The van der Waals surface area contributed by atoms with Gasteiger partial charge in [-0.05, 0) is 24.3 Å². The van der Waals surface area contributed by atoms with Crippen molar-refractivity contribution in [1.29, 1.82) is 0 Å². The van der Waals surface area contributed by atoms with Gasteiger partial charge in [0.1, 0.15) is 17.3 Å². The van der Waals surface area contributed by atoms with Gasteiger partial charge in [-0.1, -0.05) is 6.07 Å². The Labute approximate surface area is 164 Å². The molecule has 1 saturated heterocycles. The van der Waals surface area contributed by atoms with Crippen molar-refractivity contribution in [2.75, 3.05) is 31.7 Å². The van der Waals surface area contributed by atoms with E-state index in [1.54, 1.807) is 0 Å². The zero-order valence-electron chi connectivity index (χ0n) is 14.9. The van der Waals surface area contributed by atoms with Crippen LogP contribution in [0.1, 0.15) is 5.56 Å². The summed E-state index contributed by atoms with van der Waals surface area (Å²) in [7, 11) is -3.93. The van der Waals surface area contributed by atoms with Crippen LogP contribution < -0.4 is 5.43 Å². The van der Waals surface area contributed by atoms with Crippen molar-refractivity contribution in [2.24, 2.45) is 5.10 Å². The lowest BCUT2D eigenvalue weighted by atomic mass is 10.2. The average molecular weight is 426 g/mol. The zero-order chi connectivity index (χ0) is 21.0. The van der Waals surface area contributed by atoms with Gasteiger partial charge in [0.2, 0.25) is 10.0 Å². The number of nitro groups is 1. The lowest BCUT2D eigenvalue weighted by Crippen LogP contribution is -2.40. The summed E-state index contributed by atoms with van der Waals surface area (Å²) in [6.07, 6.45) is 0.840. The van der Waals surface area contributed by atoms with Gasteiger partial charge >= 0.3 is 0 Å². The summed E-state index contributed by atoms with van der Waals surface area (Å²) < 4.78 is 58.8. The Hall–Kier alpha value is -2.96. The number of morpholine rings is 1. The summed E-state index contributed by atoms with van der Waals surface area (Å²) in [5, 5.41) is 15.0. The van der Waals surface area contributed by atoms with Crippen LogP contribution >= 0.6 is 0 Å². The SMILES string of the molecule is O=[N+]([O-])c1cc(S(=O)(=O)N2CCOCC2)ccc1N/N=C/c1c(F)cccc1F. The normalized spacial score (nSPS) is 15.5. The summed E-state index contributed by atoms with van der Waals surface area (Å²) in [4.78, 5) is 10.4. The van der Waals surface area contributed by atoms with Crippen LogP contribution in [0.25, 0.3) is 0 Å². The molecular weight excluding hydrogens is 410 g/mol. The number of nitro benzene ring substituents is 1. The minimum Gasteiger partial charge on any atom is -0.379 e. The quantitative estimate of drug-likeness (QED) is 0.431. The lowest BCUT2D eigenvalue weighted by Gasteiger charge is -2.26. The van der Waals surface area contributed by atoms with Crippen LogP contribution in [-0.4, -0.2) is 50.2 Å². The molecule has 0 radical (unpaired) electrons. The van der Waals surface area contributed by atoms with Gasteiger partial charge in [0.25, 0.3) is 5.69 Å². The molecule has 1 aliphatic rings. The third kappa shape index (κ3) is 4.55. The van der Waals surface area contributed by atoms with E-state index in [2.05, 4.69) is 10.5 Å². The molecule has 9 nitrogen and oxygen atoms in total. The number of nitrogens with one attached hydrogen (secondary N) is 1. The van der Waals surface area contributed by atoms with Crippen LogP contribution in [0.5, 0.6) is 0 Å². The molecule has 1 N–H and O–H groups in total. The number of nitrogens with zero attached hydrogens (tertiary/aromatic N) is 3. The van der Waals surface area contributed by atoms with Crippen molar-refractivity contribution >= 4 is 27.6 Å². The van der Waals surface area contributed by atoms with E-state index in [-0.39, 0.29) is 36.9 Å². The van der Waals surface area contributed by atoms with Crippen LogP contribution in [0.4, 0.5) is 20.2 Å². The summed E-state index contributed by atoms with van der Waals surface area (Å²) >= 11 is 0. The van der Waals surface area contributed by atoms with Gasteiger partial charge < -0.3 is 4.74 Å². The molecule has 0 bridgehead atoms. The summed E-state index contributed by atoms with van der Waals surface area (Å²) in [5.74, 6) is -1.70. The molecule has 0 aromatic heterocycles. The van der Waals surface area contributed by atoms with E-state index >= 15 is 0 Å². The van der Waals surface area contributed by atoms with E-state index in [4.69, 9.17) is 4.74 Å². The van der Waals surface area contributed by atoms with Gasteiger partial charge in [-0.15, -0.1) is 0 Å². The van der Waals surface area contributed by atoms with Crippen LogP contribution in [0.3, 0.4) is 0 Å². The highest BCUT2D eigenvalue weighted by molar-refractivity contribution is 7.89. The largest absolute Gasteiger partial charge is 0.379 e. The van der Waals surface area contributed by atoms with E-state index in [9.17, 15) is 27.3 Å². The maximum atomic E-state index is 13.6. The number of ether oxygens (including phenoxy) is 1. The Kier molecular flexibility index (Phi) is 6.15. The minimum absolute atomic E-state index is 0.135. The van der Waals surface area contributed by atoms with E-state index < -0.39 is 37.8 Å². The molecule has 1 fully saturated rings. The van der Waals surface area contributed by atoms with E-state index in [0.29, 0.717) is 0 Å². The zero-order valence-corrected chi connectivity index (χ0v) is 15.7. The van der Waals surface area contributed by atoms with Crippen LogP contribution in [0.2, 0.25) is 0 Å². The number of halogens is 2. The van der Waals surface area contributed by atoms with Crippen molar-refractivity contribution in [3.63, 3.8) is 0 Å². The van der Waals surface area contributed by atoms with Gasteiger partial charge in [0.05, 0.1) is 34.8 Å². The first-order valence-electron chi connectivity index (χ1n) is 8.40. The highest BCUT2D eigenvalue weighted by atomic mass is 32.2. The average Bonchev–Trinajstić information content (AvgIpc) is 2.70. The smallest absolute Gasteiger partial charge is 0.295 e. The molecule has 0 saturated carbocycles. The molecular formula is C17H16F2N4O5S. The summed E-state index contributed by atoms with van der Waals surface area (Å²) in [6.45, 7) is 0.772. The second-order valence-corrected chi connectivity index (χ2v) is 7.90. The summed E-state index contributed by atoms with van der Waals surface area (Å²) in [6, 6.07) is 6.54. The fourth-order valence-corrected chi connectivity index (χ4v) is 4.08. The van der Waals surface area contributed by atoms with Crippen molar-refractivity contribution in [1.82, 2.24) is 4.31 Å². The maximum Gasteiger partial charge on any atom is 0.295 e. The van der Waals surface area contributed by atoms with Crippen molar-refractivity contribution in [2.45, 2.75) is 4.90 Å². The Morgan fingerprint density at radius 3 is 2.45 bits per heavy atom. The molecule has 2 aromatic carbocycles. The molecule has 29 heavy (non-hydrogen) atoms. The van der Waals surface area contributed by atoms with E-state index in [0.717, 1.165) is 24.4 Å². The number of rotatable bonds is 6. The molecule has 0 unspecified atom stereocenters. The first kappa shape index (κ1) is 20.8. The number of anilines is 1. The topological polar surface area (TPSA) is 114 Å². The molecule has 154 valence electrons. The van der Waals surface area contributed by atoms with Gasteiger partial charge in [0.15, 0.2) is 0 Å². The first-order valence-corrected chi connectivity index (χ1v) is 9.84. The summed E-state index contributed by atoms with van der Waals surface area (Å²) in [5.41, 5.74) is 1.21. The van der Waals surface area contributed by atoms with Crippen molar-refractivity contribution in [3.8, 4) is 0 Å². The van der Waals surface area contributed by atoms with Gasteiger partial charge in [-0.3, -0.25) is 15.5 Å². The van der Waals surface area contributed by atoms with Crippen LogP contribution in [-0.2, 0) is 14.8 Å². The molecule has 0 atom stereocenters. The molecule has 3 rings (SSSR count). The van der Waals surface area contributed by atoms with Gasteiger partial charge in [-0.2, -0.15) is 9.41 Å². The monoisotopic (exact) mass is 426 g/mol. The first-order chi connectivity index (χ1) is 13.8. The molecule has 0 aliphatic carbocycles. The van der Waals surface area contributed by atoms with Crippen molar-refractivity contribution < 1.29 is 26.9 Å². The Balaban J connectivity index is 1.87. The molecule has 2 aromatic rings. The van der Waals surface area contributed by atoms with E-state index in [1.165, 1.54) is 22.5 Å². The number of hydrogen-bond donors (Lipinski definition) is 1.